The van der Waals surface area contributed by atoms with Gasteiger partial charge in [0.05, 0.1) is 0 Å². The normalized spacial score (nSPS) is 17.6. The third kappa shape index (κ3) is 4.36. The van der Waals surface area contributed by atoms with Crippen LogP contribution in [0.25, 0.3) is 0 Å². The van der Waals surface area contributed by atoms with Crippen LogP contribution in [0, 0.1) is 5.92 Å². The number of alkyl halides is 2. The second kappa shape index (κ2) is 6.45. The fourth-order valence-corrected chi connectivity index (χ4v) is 2.00. The molecule has 0 radical (unpaired) electrons. The van der Waals surface area contributed by atoms with Gasteiger partial charge in [0.1, 0.15) is 0 Å². The lowest BCUT2D eigenvalue weighted by Gasteiger charge is -2.33. The van der Waals surface area contributed by atoms with Crippen LogP contribution in [0.5, 0.6) is 0 Å². The summed E-state index contributed by atoms with van der Waals surface area (Å²) in [6.45, 7) is 5.14. The molecule has 17 heavy (non-hydrogen) atoms. The summed E-state index contributed by atoms with van der Waals surface area (Å²) in [6.07, 6.45) is 1.51. The predicted molar refractivity (Wildman–Crippen MR) is 68.1 cm³/mol. The Labute approximate surface area is 112 Å². The average Bonchev–Trinajstić information content (AvgIpc) is 2.28. The van der Waals surface area contributed by atoms with Gasteiger partial charge >= 0.3 is 0 Å². The molecule has 1 fully saturated rings. The quantitative estimate of drug-likeness (QED) is 0.798. The van der Waals surface area contributed by atoms with E-state index in [0.717, 1.165) is 12.8 Å². The van der Waals surface area contributed by atoms with Gasteiger partial charge in [0.25, 0.3) is 5.91 Å². The Hall–Kier alpha value is -0.480. The number of nitrogens with zero attached hydrogens (tertiary/aromatic N) is 1. The summed E-state index contributed by atoms with van der Waals surface area (Å²) in [5, 5.41) is 2.77. The Bertz CT molecular complexity index is 287. The molecule has 0 atom stereocenters. The van der Waals surface area contributed by atoms with Gasteiger partial charge in [-0.05, 0) is 12.8 Å². The first-order valence-electron chi connectivity index (χ1n) is 5.79. The molecule has 1 aliphatic heterocycles. The number of hydrogen-bond acceptors (Lipinski definition) is 2. The van der Waals surface area contributed by atoms with Crippen molar-refractivity contribution in [2.75, 3.05) is 13.1 Å². The molecule has 0 aromatic heterocycles. The van der Waals surface area contributed by atoms with E-state index < -0.39 is 4.84 Å². The van der Waals surface area contributed by atoms with Gasteiger partial charge < -0.3 is 10.2 Å². The lowest BCUT2D eigenvalue weighted by Crippen LogP contribution is -2.48. The van der Waals surface area contributed by atoms with Crippen molar-refractivity contribution >= 4 is 35.0 Å². The van der Waals surface area contributed by atoms with Gasteiger partial charge in [0, 0.05) is 25.0 Å². The Morgan fingerprint density at radius 2 is 1.76 bits per heavy atom. The molecule has 2 amide bonds. The summed E-state index contributed by atoms with van der Waals surface area (Å²) in [5.41, 5.74) is 0. The zero-order valence-corrected chi connectivity index (χ0v) is 11.6. The molecule has 0 aromatic rings. The molecule has 1 heterocycles. The first-order valence-corrected chi connectivity index (χ1v) is 6.66. The molecule has 6 heteroatoms. The van der Waals surface area contributed by atoms with E-state index in [4.69, 9.17) is 23.2 Å². The van der Waals surface area contributed by atoms with Crippen LogP contribution in [-0.4, -0.2) is 40.7 Å². The number of likely N-dealkylation sites (tertiary alicyclic amines) is 1. The lowest BCUT2D eigenvalue weighted by molar-refractivity contribution is -0.135. The van der Waals surface area contributed by atoms with Crippen LogP contribution >= 0.6 is 23.2 Å². The molecular weight excluding hydrogens is 263 g/mol. The minimum Gasteiger partial charge on any atom is -0.351 e. The van der Waals surface area contributed by atoms with Crippen LogP contribution in [-0.2, 0) is 9.59 Å². The topological polar surface area (TPSA) is 49.4 Å². The Morgan fingerprint density at radius 3 is 2.18 bits per heavy atom. The van der Waals surface area contributed by atoms with Crippen LogP contribution in [0.15, 0.2) is 0 Å². The number of piperidine rings is 1. The molecule has 0 aliphatic carbocycles. The van der Waals surface area contributed by atoms with Crippen molar-refractivity contribution in [1.82, 2.24) is 10.2 Å². The summed E-state index contributed by atoms with van der Waals surface area (Å²) in [4.78, 5) is 23.8. The van der Waals surface area contributed by atoms with Crippen molar-refractivity contribution in [3.8, 4) is 0 Å². The van der Waals surface area contributed by atoms with Crippen molar-refractivity contribution in [2.24, 2.45) is 5.92 Å². The molecule has 1 rings (SSSR count). The molecular formula is C11H18Cl2N2O2. The maximum absolute atomic E-state index is 11.7. The second-order valence-corrected chi connectivity index (χ2v) is 5.66. The van der Waals surface area contributed by atoms with E-state index in [-0.39, 0.29) is 23.8 Å². The van der Waals surface area contributed by atoms with Gasteiger partial charge in [0.15, 0.2) is 4.84 Å². The summed E-state index contributed by atoms with van der Waals surface area (Å²) in [5.74, 6) is -0.166. The summed E-state index contributed by atoms with van der Waals surface area (Å²) in [6, 6.07) is 0.0683. The molecule has 1 saturated heterocycles. The third-order valence-electron chi connectivity index (χ3n) is 2.85. The monoisotopic (exact) mass is 280 g/mol. The molecule has 0 bridgehead atoms. The predicted octanol–water partition coefficient (Wildman–Crippen LogP) is 1.55. The first-order chi connectivity index (χ1) is 7.91. The molecule has 98 valence electrons. The second-order valence-electron chi connectivity index (χ2n) is 4.56. The minimum absolute atomic E-state index is 0.0243. The van der Waals surface area contributed by atoms with E-state index in [1.165, 1.54) is 0 Å². The van der Waals surface area contributed by atoms with E-state index >= 15 is 0 Å². The van der Waals surface area contributed by atoms with E-state index in [1.54, 1.807) is 0 Å². The van der Waals surface area contributed by atoms with Gasteiger partial charge in [-0.3, -0.25) is 9.59 Å². The number of halogens is 2. The largest absolute Gasteiger partial charge is 0.351 e. The van der Waals surface area contributed by atoms with Gasteiger partial charge in [0.2, 0.25) is 5.91 Å². The van der Waals surface area contributed by atoms with Crippen molar-refractivity contribution in [3.05, 3.63) is 0 Å². The Morgan fingerprint density at radius 1 is 1.24 bits per heavy atom. The fraction of sp³-hybridized carbons (Fsp3) is 0.818. The van der Waals surface area contributed by atoms with Gasteiger partial charge in [-0.15, -0.1) is 0 Å². The van der Waals surface area contributed by atoms with Crippen LogP contribution < -0.4 is 5.32 Å². The zero-order valence-electron chi connectivity index (χ0n) is 10.1. The van der Waals surface area contributed by atoms with E-state index in [2.05, 4.69) is 5.32 Å². The van der Waals surface area contributed by atoms with Crippen molar-refractivity contribution < 1.29 is 9.59 Å². The zero-order chi connectivity index (χ0) is 13.0. The van der Waals surface area contributed by atoms with Gasteiger partial charge in [-0.25, -0.2) is 0 Å². The maximum Gasteiger partial charge on any atom is 0.253 e. The van der Waals surface area contributed by atoms with E-state index in [1.807, 2.05) is 18.7 Å². The van der Waals surface area contributed by atoms with Crippen molar-refractivity contribution in [2.45, 2.75) is 37.6 Å². The first kappa shape index (κ1) is 14.6. The maximum atomic E-state index is 11.7. The highest BCUT2D eigenvalue weighted by molar-refractivity contribution is 6.53. The smallest absolute Gasteiger partial charge is 0.253 e. The number of carbonyl (C=O) groups excluding carboxylic acids is 2. The lowest BCUT2D eigenvalue weighted by atomic mass is 10.0. The number of nitrogens with one attached hydrogen (secondary N) is 1. The number of hydrogen-bond donors (Lipinski definition) is 1. The van der Waals surface area contributed by atoms with E-state index in [9.17, 15) is 9.59 Å². The van der Waals surface area contributed by atoms with E-state index in [0.29, 0.717) is 13.1 Å². The van der Waals surface area contributed by atoms with Crippen molar-refractivity contribution in [3.63, 3.8) is 0 Å². The highest BCUT2D eigenvalue weighted by Gasteiger charge is 2.26. The third-order valence-corrected chi connectivity index (χ3v) is 3.24. The minimum atomic E-state index is -1.02. The molecule has 0 saturated carbocycles. The van der Waals surface area contributed by atoms with Crippen LogP contribution in [0.3, 0.4) is 0 Å². The fourth-order valence-electron chi connectivity index (χ4n) is 1.87. The average molecular weight is 281 g/mol. The Balaban J connectivity index is 2.36. The van der Waals surface area contributed by atoms with Crippen LogP contribution in [0.1, 0.15) is 26.7 Å². The molecule has 4 nitrogen and oxygen atoms in total. The summed E-state index contributed by atoms with van der Waals surface area (Å²) >= 11 is 10.9. The highest BCUT2D eigenvalue weighted by atomic mass is 35.5. The number of rotatable bonds is 3. The van der Waals surface area contributed by atoms with Gasteiger partial charge in [-0.1, -0.05) is 37.0 Å². The Kier molecular flexibility index (Phi) is 5.53. The van der Waals surface area contributed by atoms with Gasteiger partial charge in [-0.2, -0.15) is 0 Å². The molecule has 1 N–H and O–H groups in total. The van der Waals surface area contributed by atoms with Crippen molar-refractivity contribution in [1.29, 1.82) is 0 Å². The molecule has 0 aromatic carbocycles. The molecule has 0 unspecified atom stereocenters. The van der Waals surface area contributed by atoms with Crippen LogP contribution in [0.2, 0.25) is 0 Å². The highest BCUT2D eigenvalue weighted by Crippen LogP contribution is 2.14. The number of carbonyl (C=O) groups is 2. The number of amides is 2. The summed E-state index contributed by atoms with van der Waals surface area (Å²) in [7, 11) is 0. The standard InChI is InChI=1S/C11H18Cl2N2O2/c1-7(2)11(17)15-5-3-8(4-6-15)14-10(16)9(12)13/h7-9H,3-6H2,1-2H3,(H,14,16). The summed E-state index contributed by atoms with van der Waals surface area (Å²) < 4.78 is 0. The molecule has 0 spiro atoms. The van der Waals surface area contributed by atoms with Crippen LogP contribution in [0.4, 0.5) is 0 Å². The molecule has 1 aliphatic rings. The SMILES string of the molecule is CC(C)C(=O)N1CCC(NC(=O)C(Cl)Cl)CC1.